The summed E-state index contributed by atoms with van der Waals surface area (Å²) in [6.07, 6.45) is 10.3. The first kappa shape index (κ1) is 7.31. The van der Waals surface area contributed by atoms with E-state index in [0.717, 1.165) is 5.66 Å². The van der Waals surface area contributed by atoms with Crippen LogP contribution in [0.2, 0.25) is 0 Å². The number of hydrogen-bond donors (Lipinski definition) is 0. The van der Waals surface area contributed by atoms with Crippen LogP contribution >= 0.6 is 6.04 Å². The van der Waals surface area contributed by atoms with Gasteiger partial charge >= 0.3 is 0 Å². The van der Waals surface area contributed by atoms with Gasteiger partial charge in [0.15, 0.2) is 0 Å². The van der Waals surface area contributed by atoms with E-state index >= 15 is 0 Å². The van der Waals surface area contributed by atoms with Crippen LogP contribution in [0, 0.1) is 0 Å². The maximum Gasteiger partial charge on any atom is -0.0118 e. The minimum Gasteiger partial charge on any atom is -0.0972 e. The molecule has 0 aromatic rings. The first-order valence-corrected chi connectivity index (χ1v) is 7.63. The van der Waals surface area contributed by atoms with E-state index in [9.17, 15) is 0 Å². The highest BCUT2D eigenvalue weighted by Gasteiger charge is 2.34. The van der Waals surface area contributed by atoms with Gasteiger partial charge in [0.25, 0.3) is 0 Å². The molecule has 10 heavy (non-hydrogen) atoms. The van der Waals surface area contributed by atoms with Gasteiger partial charge < -0.3 is 0 Å². The van der Waals surface area contributed by atoms with Crippen LogP contribution in [0.15, 0.2) is 0 Å². The topological polar surface area (TPSA) is 0 Å². The largest absolute Gasteiger partial charge is 0.0972 e. The second-order valence-corrected chi connectivity index (χ2v) is 9.40. The van der Waals surface area contributed by atoms with Gasteiger partial charge in [-0.05, 0) is 49.7 Å². The van der Waals surface area contributed by atoms with Crippen molar-refractivity contribution in [1.29, 1.82) is 0 Å². The van der Waals surface area contributed by atoms with Crippen molar-refractivity contribution >= 4 is 17.8 Å². The highest BCUT2D eigenvalue weighted by molar-refractivity contribution is 8.15. The molecule has 2 atom stereocenters. The van der Waals surface area contributed by atoms with Crippen LogP contribution in [-0.2, 0) is 11.8 Å². The van der Waals surface area contributed by atoms with Crippen molar-refractivity contribution in [2.45, 2.75) is 37.8 Å². The van der Waals surface area contributed by atoms with Crippen molar-refractivity contribution in [3.8, 4) is 0 Å². The highest BCUT2D eigenvalue weighted by Crippen LogP contribution is 2.62. The molecule has 2 fully saturated rings. The molecule has 2 heterocycles. The van der Waals surface area contributed by atoms with E-state index in [2.05, 4.69) is 0 Å². The average molecular weight is 174 g/mol. The Morgan fingerprint density at radius 1 is 1.00 bits per heavy atom. The molecular weight excluding hydrogens is 159 g/mol. The van der Waals surface area contributed by atoms with E-state index in [0.29, 0.717) is 0 Å². The molecule has 0 aliphatic carbocycles. The molecule has 0 spiro atoms. The van der Waals surface area contributed by atoms with Crippen molar-refractivity contribution in [3.05, 3.63) is 0 Å². The molecular formula is C8H15PS. The standard InChI is InChI=1S/C8H15PS/c10-9-6-2-1-4-8(9)5-3-7-9/h8H,1-7H2. The predicted molar refractivity (Wildman–Crippen MR) is 50.9 cm³/mol. The quantitative estimate of drug-likeness (QED) is 0.509. The summed E-state index contributed by atoms with van der Waals surface area (Å²) in [5.74, 6) is 0. The summed E-state index contributed by atoms with van der Waals surface area (Å²) in [6, 6.07) is -0.741. The maximum absolute atomic E-state index is 5.75. The molecule has 58 valence electrons. The van der Waals surface area contributed by atoms with E-state index in [-0.39, 0.29) is 0 Å². The van der Waals surface area contributed by atoms with Gasteiger partial charge in [0, 0.05) is 0 Å². The number of hydrogen-bond acceptors (Lipinski definition) is 1. The molecule has 2 aliphatic heterocycles. The Labute approximate surface area is 68.4 Å². The molecule has 0 aromatic carbocycles. The lowest BCUT2D eigenvalue weighted by Crippen LogP contribution is -2.11. The smallest absolute Gasteiger partial charge is 0.0118 e. The monoisotopic (exact) mass is 174 g/mol. The normalized spacial score (nSPS) is 47.0. The third kappa shape index (κ3) is 1.08. The Balaban J connectivity index is 2.18. The lowest BCUT2D eigenvalue weighted by atomic mass is 10.1. The average Bonchev–Trinajstić information content (AvgIpc) is 2.29. The van der Waals surface area contributed by atoms with Crippen LogP contribution in [0.4, 0.5) is 0 Å². The summed E-state index contributed by atoms with van der Waals surface area (Å²) in [6.45, 7) is 0. The molecule has 2 aliphatic rings. The van der Waals surface area contributed by atoms with E-state index in [4.69, 9.17) is 11.8 Å². The van der Waals surface area contributed by atoms with Crippen LogP contribution in [0.3, 0.4) is 0 Å². The van der Waals surface area contributed by atoms with Crippen molar-refractivity contribution in [1.82, 2.24) is 0 Å². The van der Waals surface area contributed by atoms with Crippen molar-refractivity contribution in [2.24, 2.45) is 0 Å². The zero-order valence-corrected chi connectivity index (χ0v) is 8.09. The fourth-order valence-corrected chi connectivity index (χ4v) is 7.59. The van der Waals surface area contributed by atoms with Gasteiger partial charge in [0.05, 0.1) is 0 Å². The Kier molecular flexibility index (Phi) is 1.90. The molecule has 0 bridgehead atoms. The molecule has 0 nitrogen and oxygen atoms in total. The Morgan fingerprint density at radius 2 is 1.70 bits per heavy atom. The second-order valence-electron chi connectivity index (χ2n) is 3.69. The highest BCUT2D eigenvalue weighted by atomic mass is 32.4. The van der Waals surface area contributed by atoms with Crippen molar-refractivity contribution in [2.75, 3.05) is 12.3 Å². The summed E-state index contributed by atoms with van der Waals surface area (Å²) in [5, 5.41) is 0. The summed E-state index contributed by atoms with van der Waals surface area (Å²) in [5.41, 5.74) is 1.04. The van der Waals surface area contributed by atoms with E-state index in [1.807, 2.05) is 0 Å². The zero-order valence-electron chi connectivity index (χ0n) is 6.38. The van der Waals surface area contributed by atoms with E-state index in [1.165, 1.54) is 44.4 Å². The van der Waals surface area contributed by atoms with Crippen molar-refractivity contribution < 1.29 is 0 Å². The summed E-state index contributed by atoms with van der Waals surface area (Å²) >= 11 is 5.75. The molecule has 0 aromatic heterocycles. The molecule has 2 heteroatoms. The van der Waals surface area contributed by atoms with Gasteiger partial charge in [0.2, 0.25) is 0 Å². The van der Waals surface area contributed by atoms with Crippen LogP contribution in [0.1, 0.15) is 32.1 Å². The zero-order chi connectivity index (χ0) is 7.03. The van der Waals surface area contributed by atoms with Gasteiger partial charge in [0.1, 0.15) is 0 Å². The van der Waals surface area contributed by atoms with Crippen LogP contribution in [0.25, 0.3) is 0 Å². The summed E-state index contributed by atoms with van der Waals surface area (Å²) in [7, 11) is 0. The number of rotatable bonds is 0. The molecule has 2 saturated heterocycles. The minimum absolute atomic E-state index is 0.741. The molecule has 0 N–H and O–H groups in total. The third-order valence-corrected chi connectivity index (χ3v) is 9.05. The van der Waals surface area contributed by atoms with Gasteiger partial charge in [-0.1, -0.05) is 18.2 Å². The van der Waals surface area contributed by atoms with Gasteiger partial charge in [-0.2, -0.15) is 0 Å². The lowest BCUT2D eigenvalue weighted by molar-refractivity contribution is 0.639. The molecule has 0 amide bonds. The minimum atomic E-state index is -0.741. The van der Waals surface area contributed by atoms with E-state index < -0.39 is 6.04 Å². The van der Waals surface area contributed by atoms with Gasteiger partial charge in [-0.25, -0.2) is 0 Å². The lowest BCUT2D eigenvalue weighted by Gasteiger charge is -2.28. The SMILES string of the molecule is S=P12CCCCC1CCC2. The fraction of sp³-hybridized carbons (Fsp3) is 1.00. The molecule has 0 radical (unpaired) electrons. The third-order valence-electron chi connectivity index (χ3n) is 3.06. The van der Waals surface area contributed by atoms with E-state index in [1.54, 1.807) is 0 Å². The molecule has 2 rings (SSSR count). The first-order valence-electron chi connectivity index (χ1n) is 4.39. The molecule has 0 saturated carbocycles. The number of fused-ring (bicyclic) bond motifs is 1. The second kappa shape index (κ2) is 2.60. The van der Waals surface area contributed by atoms with Crippen LogP contribution in [-0.4, -0.2) is 18.0 Å². The fourth-order valence-electron chi connectivity index (χ4n) is 2.45. The predicted octanol–water partition coefficient (Wildman–Crippen LogP) is 2.81. The Hall–Kier alpha value is 0.650. The van der Waals surface area contributed by atoms with Crippen molar-refractivity contribution in [3.63, 3.8) is 0 Å². The molecule has 2 unspecified atom stereocenters. The Bertz CT molecular complexity index is 176. The van der Waals surface area contributed by atoms with Crippen LogP contribution in [0.5, 0.6) is 0 Å². The maximum atomic E-state index is 5.75. The summed E-state index contributed by atoms with van der Waals surface area (Å²) < 4.78 is 0. The first-order chi connectivity index (χ1) is 4.81. The Morgan fingerprint density at radius 3 is 2.50 bits per heavy atom. The van der Waals surface area contributed by atoms with Gasteiger partial charge in [-0.15, -0.1) is 0 Å². The van der Waals surface area contributed by atoms with Crippen LogP contribution < -0.4 is 0 Å². The van der Waals surface area contributed by atoms with Gasteiger partial charge in [-0.3, -0.25) is 0 Å². The summed E-state index contributed by atoms with van der Waals surface area (Å²) in [4.78, 5) is 0.